The van der Waals surface area contributed by atoms with Crippen LogP contribution in [0.3, 0.4) is 0 Å². The number of hydrogen-bond donors (Lipinski definition) is 2. The Hall–Kier alpha value is -2.95. The second-order valence-corrected chi connectivity index (χ2v) is 5.96. The topological polar surface area (TPSA) is 112 Å². The van der Waals surface area contributed by atoms with Crippen LogP contribution in [-0.4, -0.2) is 30.4 Å². The number of likely N-dealkylation sites (N-methyl/N-ethyl adjacent to an activating group) is 1. The molecular weight excluding hydrogens is 379 g/mol. The van der Waals surface area contributed by atoms with Crippen LogP contribution in [0.15, 0.2) is 36.4 Å². The number of amidine groups is 1. The number of nitrogens with two attached hydrogens (primary N) is 1. The molecule has 0 saturated carbocycles. The van der Waals surface area contributed by atoms with Crippen molar-refractivity contribution in [1.29, 1.82) is 10.7 Å². The lowest BCUT2D eigenvalue weighted by molar-refractivity contribution is 0.233. The Balaban J connectivity index is 2.15. The first kappa shape index (κ1) is 19.4. The molecule has 2 aromatic rings. The van der Waals surface area contributed by atoms with Crippen LogP contribution >= 0.6 is 23.2 Å². The van der Waals surface area contributed by atoms with Gasteiger partial charge in [-0.15, -0.1) is 0 Å². The number of carbonyl (C=O) groups excluding carboxylic acids is 1. The van der Waals surface area contributed by atoms with Gasteiger partial charge in [0.15, 0.2) is 0 Å². The van der Waals surface area contributed by atoms with Gasteiger partial charge in [-0.05, 0) is 30.3 Å². The fourth-order valence-corrected chi connectivity index (χ4v) is 2.23. The van der Waals surface area contributed by atoms with Crippen molar-refractivity contribution in [1.82, 2.24) is 4.90 Å². The number of ether oxygens (including phenoxy) is 2. The van der Waals surface area contributed by atoms with Gasteiger partial charge in [-0.25, -0.2) is 4.79 Å². The van der Waals surface area contributed by atoms with Crippen LogP contribution in [0, 0.1) is 16.7 Å². The Morgan fingerprint density at radius 1 is 1.27 bits per heavy atom. The summed E-state index contributed by atoms with van der Waals surface area (Å²) < 4.78 is 11.1. The minimum Gasteiger partial charge on any atom is -0.486 e. The van der Waals surface area contributed by atoms with E-state index < -0.39 is 6.03 Å². The zero-order valence-electron chi connectivity index (χ0n) is 13.6. The number of halogens is 2. The van der Waals surface area contributed by atoms with Crippen molar-refractivity contribution < 1.29 is 14.3 Å². The van der Waals surface area contributed by atoms with Crippen molar-refractivity contribution >= 4 is 35.1 Å². The number of urea groups is 1. The molecule has 0 heterocycles. The van der Waals surface area contributed by atoms with Crippen molar-refractivity contribution in [2.75, 3.05) is 13.7 Å². The molecule has 7 nitrogen and oxygen atoms in total. The number of nitrogens with zero attached hydrogens (tertiary/aromatic N) is 2. The van der Waals surface area contributed by atoms with E-state index >= 15 is 0 Å². The summed E-state index contributed by atoms with van der Waals surface area (Å²) >= 11 is 12.1. The first-order valence-electron chi connectivity index (χ1n) is 7.21. The molecule has 134 valence electrons. The molecule has 2 aromatic carbocycles. The van der Waals surface area contributed by atoms with Crippen molar-refractivity contribution in [3.05, 3.63) is 52.0 Å². The van der Waals surface area contributed by atoms with Gasteiger partial charge in [-0.1, -0.05) is 23.2 Å². The van der Waals surface area contributed by atoms with Gasteiger partial charge in [0.25, 0.3) is 0 Å². The zero-order chi connectivity index (χ0) is 19.3. The molecule has 0 atom stereocenters. The van der Waals surface area contributed by atoms with Crippen molar-refractivity contribution in [2.45, 2.75) is 0 Å². The summed E-state index contributed by atoms with van der Waals surface area (Å²) in [6, 6.07) is 10.5. The van der Waals surface area contributed by atoms with Crippen molar-refractivity contribution in [3.8, 4) is 23.3 Å². The molecule has 0 bridgehead atoms. The molecule has 3 N–H and O–H groups in total. The highest BCUT2D eigenvalue weighted by Gasteiger charge is 2.12. The van der Waals surface area contributed by atoms with E-state index in [1.54, 1.807) is 18.2 Å². The minimum absolute atomic E-state index is 0.108. The first-order chi connectivity index (χ1) is 12.3. The molecule has 0 aromatic heterocycles. The quantitative estimate of drug-likeness (QED) is 0.590. The molecule has 9 heteroatoms. The van der Waals surface area contributed by atoms with E-state index in [1.807, 2.05) is 6.07 Å². The second kappa shape index (κ2) is 8.43. The number of amides is 2. The van der Waals surface area contributed by atoms with Crippen molar-refractivity contribution in [3.63, 3.8) is 0 Å². The molecule has 0 unspecified atom stereocenters. The Morgan fingerprint density at radius 3 is 2.65 bits per heavy atom. The summed E-state index contributed by atoms with van der Waals surface area (Å²) in [5.41, 5.74) is 5.44. The van der Waals surface area contributed by atoms with E-state index in [4.69, 9.17) is 49.1 Å². The molecule has 2 rings (SSSR count). The predicted molar refractivity (Wildman–Crippen MR) is 98.3 cm³/mol. The van der Waals surface area contributed by atoms with Gasteiger partial charge in [0.05, 0.1) is 16.7 Å². The van der Waals surface area contributed by atoms with Crippen LogP contribution in [0.5, 0.6) is 17.2 Å². The van der Waals surface area contributed by atoms with Crippen LogP contribution in [0.1, 0.15) is 5.56 Å². The maximum absolute atomic E-state index is 11.0. The molecule has 0 aliphatic carbocycles. The lowest BCUT2D eigenvalue weighted by Crippen LogP contribution is -2.39. The molecular formula is C17H14Cl2N4O3. The van der Waals surface area contributed by atoms with Crippen LogP contribution in [0.2, 0.25) is 10.0 Å². The highest BCUT2D eigenvalue weighted by molar-refractivity contribution is 6.32. The summed E-state index contributed by atoms with van der Waals surface area (Å²) in [7, 11) is 1.37. The zero-order valence-corrected chi connectivity index (χ0v) is 15.1. The number of rotatable bonds is 5. The standard InChI is InChI=1S/C17H14Cl2N4O3/c1-23(17(22)24)16(21)9-25-12-2-3-14(19)15(7-12)26-13-5-10(8-20)4-11(18)6-13/h2-7,21H,9H2,1H3,(H2,22,24). The fraction of sp³-hybridized carbons (Fsp3) is 0.118. The van der Waals surface area contributed by atoms with Crippen LogP contribution in [-0.2, 0) is 0 Å². The number of nitrogens with one attached hydrogen (secondary N) is 1. The smallest absolute Gasteiger partial charge is 0.320 e. The van der Waals surface area contributed by atoms with Gasteiger partial charge < -0.3 is 15.2 Å². The Morgan fingerprint density at radius 2 is 2.00 bits per heavy atom. The van der Waals surface area contributed by atoms with Gasteiger partial charge in [-0.3, -0.25) is 10.3 Å². The van der Waals surface area contributed by atoms with Crippen LogP contribution in [0.25, 0.3) is 0 Å². The summed E-state index contributed by atoms with van der Waals surface area (Å²) in [5, 5.41) is 17.4. The molecule has 0 spiro atoms. The lowest BCUT2D eigenvalue weighted by Gasteiger charge is -2.16. The van der Waals surface area contributed by atoms with Gasteiger partial charge in [0.1, 0.15) is 29.7 Å². The third kappa shape index (κ3) is 5.02. The second-order valence-electron chi connectivity index (χ2n) is 5.11. The molecule has 0 aliphatic heterocycles. The van der Waals surface area contributed by atoms with E-state index in [1.165, 1.54) is 25.2 Å². The van der Waals surface area contributed by atoms with E-state index in [2.05, 4.69) is 0 Å². The first-order valence-corrected chi connectivity index (χ1v) is 7.97. The third-order valence-corrected chi connectivity index (χ3v) is 3.77. The van der Waals surface area contributed by atoms with Crippen LogP contribution < -0.4 is 15.2 Å². The van der Waals surface area contributed by atoms with Gasteiger partial charge in [0.2, 0.25) is 0 Å². The number of hydrogen-bond acceptors (Lipinski definition) is 5. The van der Waals surface area contributed by atoms with Crippen molar-refractivity contribution in [2.24, 2.45) is 5.73 Å². The normalized spacial score (nSPS) is 9.92. The summed E-state index contributed by atoms with van der Waals surface area (Å²) in [6.45, 7) is -0.170. The van der Waals surface area contributed by atoms with Gasteiger partial charge in [-0.2, -0.15) is 5.26 Å². The highest BCUT2D eigenvalue weighted by atomic mass is 35.5. The highest BCUT2D eigenvalue weighted by Crippen LogP contribution is 2.34. The molecule has 2 amide bonds. The van der Waals surface area contributed by atoms with E-state index in [-0.39, 0.29) is 18.2 Å². The number of primary amides is 1. The largest absolute Gasteiger partial charge is 0.486 e. The average Bonchev–Trinajstić information content (AvgIpc) is 2.60. The SMILES string of the molecule is CN(C(=N)COc1ccc(Cl)c(Oc2cc(Cl)cc(C#N)c2)c1)C(N)=O. The van der Waals surface area contributed by atoms with E-state index in [9.17, 15) is 4.79 Å². The Labute approximate surface area is 159 Å². The molecule has 0 fully saturated rings. The summed E-state index contributed by atoms with van der Waals surface area (Å²) in [4.78, 5) is 12.0. The Bertz CT molecular complexity index is 896. The van der Waals surface area contributed by atoms with E-state index in [0.29, 0.717) is 27.1 Å². The molecule has 0 aliphatic rings. The summed E-state index contributed by atoms with van der Waals surface area (Å²) in [5.74, 6) is 0.886. The number of benzene rings is 2. The lowest BCUT2D eigenvalue weighted by atomic mass is 10.2. The maximum atomic E-state index is 11.0. The monoisotopic (exact) mass is 392 g/mol. The fourth-order valence-electron chi connectivity index (χ4n) is 1.85. The number of carbonyl (C=O) groups is 1. The maximum Gasteiger partial charge on any atom is 0.320 e. The number of nitriles is 1. The molecule has 0 radical (unpaired) electrons. The van der Waals surface area contributed by atoms with Gasteiger partial charge >= 0.3 is 6.03 Å². The molecule has 0 saturated heterocycles. The van der Waals surface area contributed by atoms with Gasteiger partial charge in [0, 0.05) is 18.1 Å². The van der Waals surface area contributed by atoms with E-state index in [0.717, 1.165) is 4.90 Å². The summed E-state index contributed by atoms with van der Waals surface area (Å²) in [6.07, 6.45) is 0. The minimum atomic E-state index is -0.756. The Kier molecular flexibility index (Phi) is 6.28. The predicted octanol–water partition coefficient (Wildman–Crippen LogP) is 4.02. The molecule has 26 heavy (non-hydrogen) atoms. The average molecular weight is 393 g/mol. The third-order valence-electron chi connectivity index (χ3n) is 3.24. The van der Waals surface area contributed by atoms with Crippen LogP contribution in [0.4, 0.5) is 4.79 Å².